The molecule has 0 radical (unpaired) electrons. The zero-order valence-corrected chi connectivity index (χ0v) is 19.4. The third kappa shape index (κ3) is 5.34. The summed E-state index contributed by atoms with van der Waals surface area (Å²) in [6.07, 6.45) is 0. The van der Waals surface area contributed by atoms with E-state index in [4.69, 9.17) is 25.8 Å². The zero-order chi connectivity index (χ0) is 21.7. The molecule has 3 rings (SSSR count). The van der Waals surface area contributed by atoms with Gasteiger partial charge >= 0.3 is 0 Å². The lowest BCUT2D eigenvalue weighted by Crippen LogP contribution is -2.25. The molecule has 0 aliphatic carbocycles. The predicted molar refractivity (Wildman–Crippen MR) is 121 cm³/mol. The lowest BCUT2D eigenvalue weighted by atomic mass is 9.84. The van der Waals surface area contributed by atoms with E-state index >= 15 is 0 Å². The molecule has 0 heterocycles. The van der Waals surface area contributed by atoms with E-state index in [-0.39, 0.29) is 9.50 Å². The van der Waals surface area contributed by atoms with Crippen LogP contribution in [0.2, 0.25) is 5.02 Å². The number of rotatable bonds is 8. The maximum absolute atomic E-state index is 14.3. The van der Waals surface area contributed by atoms with Crippen LogP contribution in [0, 0.1) is 5.82 Å². The van der Waals surface area contributed by atoms with E-state index in [1.807, 2.05) is 68.4 Å². The Balaban J connectivity index is 1.68. The smallest absolute Gasteiger partial charge is 0.142 e. The SMILES string of the molecule is COc1c(C(C)(C)COCc2cccc(Oc3ccccc3)c2)cc(F)c(Br)c1Cl. The molecule has 0 saturated heterocycles. The molecular weight excluding hydrogens is 471 g/mol. The van der Waals surface area contributed by atoms with Gasteiger partial charge in [0.15, 0.2) is 0 Å². The van der Waals surface area contributed by atoms with Gasteiger partial charge in [-0.25, -0.2) is 4.39 Å². The molecule has 0 unspecified atom stereocenters. The van der Waals surface area contributed by atoms with E-state index in [0.29, 0.717) is 24.5 Å². The Morgan fingerprint density at radius 3 is 2.40 bits per heavy atom. The molecule has 0 bridgehead atoms. The van der Waals surface area contributed by atoms with Gasteiger partial charge in [0.1, 0.15) is 28.1 Å². The van der Waals surface area contributed by atoms with Crippen molar-refractivity contribution < 1.29 is 18.6 Å². The second-order valence-electron chi connectivity index (χ2n) is 7.51. The van der Waals surface area contributed by atoms with Crippen LogP contribution in [0.1, 0.15) is 25.0 Å². The first kappa shape index (κ1) is 22.6. The van der Waals surface area contributed by atoms with E-state index in [2.05, 4.69) is 15.9 Å². The molecule has 0 aliphatic rings. The van der Waals surface area contributed by atoms with Gasteiger partial charge in [0, 0.05) is 11.0 Å². The summed E-state index contributed by atoms with van der Waals surface area (Å²) in [4.78, 5) is 0. The maximum Gasteiger partial charge on any atom is 0.142 e. The first-order valence-corrected chi connectivity index (χ1v) is 10.6. The van der Waals surface area contributed by atoms with Gasteiger partial charge in [0.2, 0.25) is 0 Å². The van der Waals surface area contributed by atoms with Crippen molar-refractivity contribution in [1.82, 2.24) is 0 Å². The monoisotopic (exact) mass is 492 g/mol. The van der Waals surface area contributed by atoms with Gasteiger partial charge in [0.05, 0.1) is 24.8 Å². The third-order valence-electron chi connectivity index (χ3n) is 4.66. The Kier molecular flexibility index (Phi) is 7.40. The normalized spacial score (nSPS) is 11.4. The summed E-state index contributed by atoms with van der Waals surface area (Å²) in [5.41, 5.74) is 1.11. The largest absolute Gasteiger partial charge is 0.495 e. The fourth-order valence-electron chi connectivity index (χ4n) is 3.11. The number of hydrogen-bond acceptors (Lipinski definition) is 3. The minimum atomic E-state index is -0.519. The molecule has 3 aromatic rings. The van der Waals surface area contributed by atoms with Crippen LogP contribution < -0.4 is 9.47 Å². The number of methoxy groups -OCH3 is 1. The van der Waals surface area contributed by atoms with Crippen LogP contribution in [-0.2, 0) is 16.8 Å². The van der Waals surface area contributed by atoms with E-state index < -0.39 is 11.2 Å². The topological polar surface area (TPSA) is 27.7 Å². The predicted octanol–water partition coefficient (Wildman–Crippen LogP) is 7.54. The van der Waals surface area contributed by atoms with Gasteiger partial charge in [-0.1, -0.05) is 55.8 Å². The molecule has 0 aliphatic heterocycles. The van der Waals surface area contributed by atoms with Crippen LogP contribution in [0.3, 0.4) is 0 Å². The van der Waals surface area contributed by atoms with Gasteiger partial charge in [-0.15, -0.1) is 0 Å². The minimum Gasteiger partial charge on any atom is -0.495 e. The first-order chi connectivity index (χ1) is 14.3. The molecule has 158 valence electrons. The lowest BCUT2D eigenvalue weighted by Gasteiger charge is -2.28. The van der Waals surface area contributed by atoms with Crippen molar-refractivity contribution in [3.63, 3.8) is 0 Å². The standard InChI is InChI=1S/C24H23BrClFO3/c1-24(2,19-13-20(27)21(25)22(26)23(19)28-3)15-29-14-16-8-7-11-18(12-16)30-17-9-5-4-6-10-17/h4-13H,14-15H2,1-3H3. The summed E-state index contributed by atoms with van der Waals surface area (Å²) < 4.78 is 31.7. The molecule has 30 heavy (non-hydrogen) atoms. The molecule has 3 aromatic carbocycles. The average Bonchev–Trinajstić information content (AvgIpc) is 2.73. The van der Waals surface area contributed by atoms with Crippen molar-refractivity contribution in [2.45, 2.75) is 25.9 Å². The second kappa shape index (κ2) is 9.82. The van der Waals surface area contributed by atoms with Crippen molar-refractivity contribution in [1.29, 1.82) is 0 Å². The van der Waals surface area contributed by atoms with Gasteiger partial charge in [-0.2, -0.15) is 0 Å². The average molecular weight is 494 g/mol. The van der Waals surface area contributed by atoms with E-state index in [0.717, 1.165) is 17.1 Å². The Bertz CT molecular complexity index is 1010. The number of halogens is 3. The number of hydrogen-bond donors (Lipinski definition) is 0. The minimum absolute atomic E-state index is 0.191. The molecule has 0 fully saturated rings. The molecule has 3 nitrogen and oxygen atoms in total. The van der Waals surface area contributed by atoms with Crippen LogP contribution in [0.4, 0.5) is 4.39 Å². The molecule has 0 aromatic heterocycles. The maximum atomic E-state index is 14.3. The van der Waals surface area contributed by atoms with Gasteiger partial charge in [0.25, 0.3) is 0 Å². The van der Waals surface area contributed by atoms with Gasteiger partial charge < -0.3 is 14.2 Å². The van der Waals surface area contributed by atoms with Crippen molar-refractivity contribution >= 4 is 27.5 Å². The molecule has 0 atom stereocenters. The summed E-state index contributed by atoms with van der Waals surface area (Å²) in [6, 6.07) is 18.8. The summed E-state index contributed by atoms with van der Waals surface area (Å²) in [7, 11) is 1.52. The Labute approximate surface area is 189 Å². The van der Waals surface area contributed by atoms with Crippen LogP contribution in [0.25, 0.3) is 0 Å². The molecule has 0 amide bonds. The highest BCUT2D eigenvalue weighted by molar-refractivity contribution is 9.10. The first-order valence-electron chi connectivity index (χ1n) is 9.43. The third-order valence-corrected chi connectivity index (χ3v) is 6.02. The van der Waals surface area contributed by atoms with E-state index in [1.54, 1.807) is 0 Å². The van der Waals surface area contributed by atoms with Gasteiger partial charge in [-0.05, 0) is 51.8 Å². The second-order valence-corrected chi connectivity index (χ2v) is 8.68. The van der Waals surface area contributed by atoms with E-state index in [9.17, 15) is 4.39 Å². The van der Waals surface area contributed by atoms with Crippen LogP contribution in [0.15, 0.2) is 65.1 Å². The van der Waals surface area contributed by atoms with Crippen molar-refractivity contribution in [3.8, 4) is 17.2 Å². The highest BCUT2D eigenvalue weighted by Crippen LogP contribution is 2.42. The fourth-order valence-corrected chi connectivity index (χ4v) is 3.67. The highest BCUT2D eigenvalue weighted by atomic mass is 79.9. The van der Waals surface area contributed by atoms with Crippen molar-refractivity contribution in [2.75, 3.05) is 13.7 Å². The summed E-state index contributed by atoms with van der Waals surface area (Å²) in [5.74, 6) is 1.52. The number of ether oxygens (including phenoxy) is 3. The van der Waals surface area contributed by atoms with Crippen molar-refractivity contribution in [3.05, 3.63) is 87.1 Å². The number of benzene rings is 3. The fraction of sp³-hybridized carbons (Fsp3) is 0.250. The molecule has 0 spiro atoms. The molecule has 6 heteroatoms. The Morgan fingerprint density at radius 2 is 1.70 bits per heavy atom. The Morgan fingerprint density at radius 1 is 1.00 bits per heavy atom. The quantitative estimate of drug-likeness (QED) is 0.303. The lowest BCUT2D eigenvalue weighted by molar-refractivity contribution is 0.0814. The summed E-state index contributed by atoms with van der Waals surface area (Å²) >= 11 is 9.41. The summed E-state index contributed by atoms with van der Waals surface area (Å²) in [5, 5.41) is 0.214. The van der Waals surface area contributed by atoms with Crippen LogP contribution in [0.5, 0.6) is 17.2 Å². The molecule has 0 N–H and O–H groups in total. The number of para-hydroxylation sites is 1. The van der Waals surface area contributed by atoms with Crippen LogP contribution in [-0.4, -0.2) is 13.7 Å². The molecule has 0 saturated carbocycles. The van der Waals surface area contributed by atoms with Crippen molar-refractivity contribution in [2.24, 2.45) is 0 Å². The molecular formula is C24H23BrClFO3. The Hall–Kier alpha value is -2.08. The highest BCUT2D eigenvalue weighted by Gasteiger charge is 2.29. The van der Waals surface area contributed by atoms with Crippen LogP contribution >= 0.6 is 27.5 Å². The zero-order valence-electron chi connectivity index (χ0n) is 17.0. The summed E-state index contributed by atoms with van der Waals surface area (Å²) in [6.45, 7) is 4.67. The van der Waals surface area contributed by atoms with Gasteiger partial charge in [-0.3, -0.25) is 0 Å². The van der Waals surface area contributed by atoms with E-state index in [1.165, 1.54) is 13.2 Å².